The van der Waals surface area contributed by atoms with E-state index in [2.05, 4.69) is 0 Å². The Kier molecular flexibility index (Phi) is 6.82. The van der Waals surface area contributed by atoms with Gasteiger partial charge in [-0.15, -0.1) is 0 Å². The average molecular weight is 300 g/mol. The topological polar surface area (TPSA) is 49.8 Å². The van der Waals surface area contributed by atoms with E-state index in [0.29, 0.717) is 23.7 Å². The first-order valence-electron chi connectivity index (χ1n) is 6.80. The quantitative estimate of drug-likeness (QED) is 0.842. The van der Waals surface area contributed by atoms with Crippen LogP contribution in [-0.2, 0) is 4.79 Å². The first-order chi connectivity index (χ1) is 9.47. The van der Waals surface area contributed by atoms with Crippen molar-refractivity contribution < 1.29 is 14.6 Å². The number of aliphatic hydroxyl groups excluding tert-OH is 1. The number of nitrogens with zero attached hydrogens (tertiary/aromatic N) is 1. The normalized spacial score (nSPS) is 12.3. The van der Waals surface area contributed by atoms with E-state index in [0.717, 1.165) is 0 Å². The summed E-state index contributed by atoms with van der Waals surface area (Å²) in [6, 6.07) is 7.14. The summed E-state index contributed by atoms with van der Waals surface area (Å²) in [7, 11) is 0. The van der Waals surface area contributed by atoms with Crippen molar-refractivity contribution in [3.63, 3.8) is 0 Å². The number of hydrogen-bond donors (Lipinski definition) is 1. The van der Waals surface area contributed by atoms with Crippen LogP contribution in [0.1, 0.15) is 27.2 Å². The van der Waals surface area contributed by atoms with E-state index in [1.54, 1.807) is 24.0 Å². The third kappa shape index (κ3) is 4.69. The predicted octanol–water partition coefficient (Wildman–Crippen LogP) is 2.73. The fourth-order valence-electron chi connectivity index (χ4n) is 1.88. The smallest absolute Gasteiger partial charge is 0.263 e. The highest BCUT2D eigenvalue weighted by atomic mass is 35.5. The van der Waals surface area contributed by atoms with Gasteiger partial charge in [-0.1, -0.05) is 23.7 Å². The molecule has 0 aliphatic carbocycles. The summed E-state index contributed by atoms with van der Waals surface area (Å²) in [5.41, 5.74) is 0. The maximum atomic E-state index is 12.4. The third-order valence-electron chi connectivity index (χ3n) is 2.95. The van der Waals surface area contributed by atoms with Gasteiger partial charge in [-0.3, -0.25) is 4.79 Å². The molecule has 0 fully saturated rings. The summed E-state index contributed by atoms with van der Waals surface area (Å²) in [5, 5.41) is 9.39. The Morgan fingerprint density at radius 2 is 2.00 bits per heavy atom. The largest absolute Gasteiger partial charge is 0.479 e. The minimum absolute atomic E-state index is 0.0614. The van der Waals surface area contributed by atoms with E-state index in [4.69, 9.17) is 21.4 Å². The van der Waals surface area contributed by atoms with E-state index in [1.165, 1.54) is 0 Å². The Hall–Kier alpha value is -1.26. The number of para-hydroxylation sites is 1. The fourth-order valence-corrected chi connectivity index (χ4v) is 2.06. The van der Waals surface area contributed by atoms with Gasteiger partial charge >= 0.3 is 0 Å². The Bertz CT molecular complexity index is 437. The lowest BCUT2D eigenvalue weighted by atomic mass is 10.2. The summed E-state index contributed by atoms with van der Waals surface area (Å²) in [6.45, 7) is 6.18. The van der Waals surface area contributed by atoms with Crippen LogP contribution in [0.2, 0.25) is 5.02 Å². The molecule has 0 saturated carbocycles. The molecule has 0 radical (unpaired) electrons. The molecule has 0 saturated heterocycles. The molecule has 4 nitrogen and oxygen atoms in total. The van der Waals surface area contributed by atoms with E-state index < -0.39 is 6.10 Å². The molecule has 1 aromatic rings. The van der Waals surface area contributed by atoms with Crippen LogP contribution < -0.4 is 4.74 Å². The Morgan fingerprint density at radius 1 is 1.35 bits per heavy atom. The molecule has 0 heterocycles. The van der Waals surface area contributed by atoms with Gasteiger partial charge in [-0.2, -0.15) is 0 Å². The summed E-state index contributed by atoms with van der Waals surface area (Å²) in [5.74, 6) is 0.397. The van der Waals surface area contributed by atoms with Gasteiger partial charge in [-0.25, -0.2) is 0 Å². The molecular formula is C15H22ClNO3. The molecule has 1 aromatic carbocycles. The number of halogens is 1. The van der Waals surface area contributed by atoms with E-state index in [9.17, 15) is 4.79 Å². The van der Waals surface area contributed by atoms with Crippen LogP contribution >= 0.6 is 11.6 Å². The van der Waals surface area contributed by atoms with Gasteiger partial charge in [0.15, 0.2) is 6.10 Å². The number of aliphatic hydroxyl groups is 1. The molecule has 0 spiro atoms. The zero-order valence-electron chi connectivity index (χ0n) is 12.2. The maximum absolute atomic E-state index is 12.4. The molecular weight excluding hydrogens is 278 g/mol. The van der Waals surface area contributed by atoms with Crippen molar-refractivity contribution in [3.05, 3.63) is 29.3 Å². The van der Waals surface area contributed by atoms with Gasteiger partial charge in [0.25, 0.3) is 5.91 Å². The second kappa shape index (κ2) is 8.12. The predicted molar refractivity (Wildman–Crippen MR) is 80.1 cm³/mol. The highest BCUT2D eigenvalue weighted by Gasteiger charge is 2.24. The molecule has 1 rings (SSSR count). The molecule has 20 heavy (non-hydrogen) atoms. The number of benzene rings is 1. The van der Waals surface area contributed by atoms with Gasteiger partial charge in [-0.05, 0) is 39.3 Å². The molecule has 5 heteroatoms. The molecule has 1 unspecified atom stereocenters. The number of rotatable bonds is 7. The Labute approximate surface area is 125 Å². The van der Waals surface area contributed by atoms with Crippen LogP contribution in [0.5, 0.6) is 5.75 Å². The summed E-state index contributed by atoms with van der Waals surface area (Å²) >= 11 is 6.02. The van der Waals surface area contributed by atoms with E-state index in [-0.39, 0.29) is 18.6 Å². The summed E-state index contributed by atoms with van der Waals surface area (Å²) < 4.78 is 5.63. The van der Waals surface area contributed by atoms with Gasteiger partial charge < -0.3 is 14.7 Å². The first kappa shape index (κ1) is 16.8. The Balaban J connectivity index is 2.71. The van der Waals surface area contributed by atoms with Crippen molar-refractivity contribution in [1.29, 1.82) is 0 Å². The number of carbonyl (C=O) groups excluding carboxylic acids is 1. The van der Waals surface area contributed by atoms with Gasteiger partial charge in [0.1, 0.15) is 5.75 Å². The third-order valence-corrected chi connectivity index (χ3v) is 3.26. The SMILES string of the molecule is CC(Oc1ccccc1Cl)C(=O)N(CCCO)C(C)C. The molecule has 0 aliphatic heterocycles. The number of hydrogen-bond acceptors (Lipinski definition) is 3. The lowest BCUT2D eigenvalue weighted by Crippen LogP contribution is -2.45. The van der Waals surface area contributed by atoms with Crippen LogP contribution in [0.15, 0.2) is 24.3 Å². The van der Waals surface area contributed by atoms with Crippen molar-refractivity contribution in [2.45, 2.75) is 39.3 Å². The highest BCUT2D eigenvalue weighted by Crippen LogP contribution is 2.24. The lowest BCUT2D eigenvalue weighted by Gasteiger charge is -2.29. The highest BCUT2D eigenvalue weighted by molar-refractivity contribution is 6.32. The molecule has 0 bridgehead atoms. The second-order valence-electron chi connectivity index (χ2n) is 4.89. The first-order valence-corrected chi connectivity index (χ1v) is 7.17. The second-order valence-corrected chi connectivity index (χ2v) is 5.30. The molecule has 0 aliphatic rings. The van der Waals surface area contributed by atoms with Crippen LogP contribution in [0.4, 0.5) is 0 Å². The molecule has 0 aromatic heterocycles. The molecule has 112 valence electrons. The number of amides is 1. The number of carbonyl (C=O) groups is 1. The van der Waals surface area contributed by atoms with E-state index >= 15 is 0 Å². The van der Waals surface area contributed by atoms with Crippen LogP contribution in [0, 0.1) is 0 Å². The monoisotopic (exact) mass is 299 g/mol. The minimum atomic E-state index is -0.615. The maximum Gasteiger partial charge on any atom is 0.263 e. The Morgan fingerprint density at radius 3 is 2.55 bits per heavy atom. The van der Waals surface area contributed by atoms with Gasteiger partial charge in [0.2, 0.25) is 0 Å². The van der Waals surface area contributed by atoms with Gasteiger partial charge in [0.05, 0.1) is 5.02 Å². The zero-order valence-corrected chi connectivity index (χ0v) is 12.9. The van der Waals surface area contributed by atoms with Crippen LogP contribution in [0.3, 0.4) is 0 Å². The number of ether oxygens (including phenoxy) is 1. The molecule has 1 amide bonds. The van der Waals surface area contributed by atoms with Crippen molar-refractivity contribution >= 4 is 17.5 Å². The van der Waals surface area contributed by atoms with Crippen molar-refractivity contribution in [1.82, 2.24) is 4.90 Å². The average Bonchev–Trinajstić information content (AvgIpc) is 2.41. The van der Waals surface area contributed by atoms with E-state index in [1.807, 2.05) is 26.0 Å². The standard InChI is InChI=1S/C15H22ClNO3/c1-11(2)17(9-6-10-18)15(19)12(3)20-14-8-5-4-7-13(14)16/h4-5,7-8,11-12,18H,6,9-10H2,1-3H3. The van der Waals surface area contributed by atoms with Crippen LogP contribution in [-0.4, -0.2) is 41.2 Å². The summed E-state index contributed by atoms with van der Waals surface area (Å²) in [6.07, 6.45) is -0.0566. The van der Waals surface area contributed by atoms with Crippen molar-refractivity contribution in [2.24, 2.45) is 0 Å². The minimum Gasteiger partial charge on any atom is -0.479 e. The van der Waals surface area contributed by atoms with Crippen molar-refractivity contribution in [3.8, 4) is 5.75 Å². The van der Waals surface area contributed by atoms with Crippen molar-refractivity contribution in [2.75, 3.05) is 13.2 Å². The van der Waals surface area contributed by atoms with Gasteiger partial charge in [0, 0.05) is 19.2 Å². The molecule has 1 atom stereocenters. The zero-order chi connectivity index (χ0) is 15.1. The van der Waals surface area contributed by atoms with Crippen LogP contribution in [0.25, 0.3) is 0 Å². The lowest BCUT2D eigenvalue weighted by molar-refractivity contribution is -0.139. The molecule has 1 N–H and O–H groups in total. The summed E-state index contributed by atoms with van der Waals surface area (Å²) in [4.78, 5) is 14.1. The fraction of sp³-hybridized carbons (Fsp3) is 0.533.